The fourth-order valence-electron chi connectivity index (χ4n) is 2.87. The van der Waals surface area contributed by atoms with E-state index in [9.17, 15) is 8.42 Å². The van der Waals surface area contributed by atoms with E-state index in [1.54, 1.807) is 12.1 Å². The summed E-state index contributed by atoms with van der Waals surface area (Å²) in [5, 5.41) is 3.69. The van der Waals surface area contributed by atoms with Gasteiger partial charge in [0.1, 0.15) is 6.10 Å². The zero-order valence-corrected chi connectivity index (χ0v) is 16.3. The third-order valence-corrected chi connectivity index (χ3v) is 5.57. The monoisotopic (exact) mass is 401 g/mol. The van der Waals surface area contributed by atoms with Crippen LogP contribution in [0.3, 0.4) is 0 Å². The summed E-state index contributed by atoms with van der Waals surface area (Å²) in [5.74, 6) is 0. The molecule has 150 valence electrons. The van der Waals surface area contributed by atoms with Gasteiger partial charge in [-0.2, -0.15) is 8.42 Å². The lowest BCUT2D eigenvalue weighted by Crippen LogP contribution is -2.59. The Morgan fingerprint density at radius 1 is 1.11 bits per heavy atom. The fourth-order valence-corrected chi connectivity index (χ4v) is 3.79. The van der Waals surface area contributed by atoms with Gasteiger partial charge in [0.2, 0.25) is 0 Å². The van der Waals surface area contributed by atoms with Gasteiger partial charge in [-0.3, -0.25) is 4.18 Å². The molecule has 0 aromatic heterocycles. The Kier molecular flexibility index (Phi) is 7.57. The summed E-state index contributed by atoms with van der Waals surface area (Å²) in [6, 6.07) is 5.37. The van der Waals surface area contributed by atoms with Gasteiger partial charge in [0, 0.05) is 26.2 Å². The van der Waals surface area contributed by atoms with Crippen molar-refractivity contribution < 1.29 is 31.5 Å². The predicted octanol–water partition coefficient (Wildman–Crippen LogP) is 1.78. The molecule has 0 unspecified atom stereocenters. The molecule has 0 radical (unpaired) electrons. The van der Waals surface area contributed by atoms with E-state index in [1.165, 1.54) is 33.5 Å². The summed E-state index contributed by atoms with van der Waals surface area (Å²) in [5.41, 5.74) is 9.80. The lowest BCUT2D eigenvalue weighted by atomic mass is 9.97. The number of nitrogens with zero attached hydrogens (tertiary/aromatic N) is 3. The molecular weight excluding hydrogens is 378 g/mol. The van der Waals surface area contributed by atoms with E-state index in [1.807, 2.05) is 6.92 Å². The van der Waals surface area contributed by atoms with Gasteiger partial charge in [0.25, 0.3) is 10.1 Å². The van der Waals surface area contributed by atoms with Gasteiger partial charge in [-0.25, -0.2) is 0 Å². The minimum Gasteiger partial charge on any atom is -0.378 e. The first-order chi connectivity index (χ1) is 12.9. The third-order valence-electron chi connectivity index (χ3n) is 4.28. The van der Waals surface area contributed by atoms with Gasteiger partial charge in [-0.15, -0.1) is 0 Å². The molecule has 10 nitrogen and oxygen atoms in total. The second-order valence-electron chi connectivity index (χ2n) is 5.93. The van der Waals surface area contributed by atoms with Crippen LogP contribution >= 0.6 is 0 Å². The average Bonchev–Trinajstić information content (AvgIpc) is 2.66. The Morgan fingerprint density at radius 2 is 1.74 bits per heavy atom. The van der Waals surface area contributed by atoms with Crippen LogP contribution in [-0.4, -0.2) is 67.0 Å². The van der Waals surface area contributed by atoms with Crippen molar-refractivity contribution in [1.29, 1.82) is 0 Å². The molecular formula is C16H23N3O7S. The van der Waals surface area contributed by atoms with Crippen LogP contribution in [0.5, 0.6) is 0 Å². The van der Waals surface area contributed by atoms with E-state index in [2.05, 4.69) is 10.0 Å². The number of hydrogen-bond acceptors (Lipinski definition) is 8. The maximum absolute atomic E-state index is 12.4. The molecule has 1 aliphatic rings. The van der Waals surface area contributed by atoms with E-state index in [-0.39, 0.29) is 11.5 Å². The van der Waals surface area contributed by atoms with E-state index >= 15 is 0 Å². The van der Waals surface area contributed by atoms with Crippen molar-refractivity contribution in [1.82, 2.24) is 0 Å². The van der Waals surface area contributed by atoms with Crippen LogP contribution in [0.1, 0.15) is 5.56 Å². The van der Waals surface area contributed by atoms with Gasteiger partial charge in [-0.05, 0) is 24.6 Å². The minimum atomic E-state index is -4.01. The Labute approximate surface area is 158 Å². The standard InChI is InChI=1S/C16H23N3O7S/c1-10-5-7-11(8-6-10)27(20,21)25-9-12-13(18-19-17)14(22-2)15(23-3)16(24-4)26-12/h5-8,12-16H,9H2,1-4H3/t12-,13+,14+,15-,16+/m1/s1. The number of ether oxygens (including phenoxy) is 4. The number of azide groups is 1. The van der Waals surface area contributed by atoms with Crippen molar-refractivity contribution in [2.75, 3.05) is 27.9 Å². The topological polar surface area (TPSA) is 129 Å². The van der Waals surface area contributed by atoms with Crippen LogP contribution in [0.25, 0.3) is 10.4 Å². The molecule has 1 aliphatic heterocycles. The Hall–Kier alpha value is -1.72. The van der Waals surface area contributed by atoms with Crippen LogP contribution < -0.4 is 0 Å². The molecule has 11 heteroatoms. The molecule has 1 heterocycles. The maximum atomic E-state index is 12.4. The average molecular weight is 401 g/mol. The second kappa shape index (κ2) is 9.47. The number of methoxy groups -OCH3 is 3. The van der Waals surface area contributed by atoms with E-state index in [0.717, 1.165) is 5.56 Å². The molecule has 0 aliphatic carbocycles. The molecule has 1 fully saturated rings. The SMILES string of the molecule is CO[C@H]1O[C@H](COS(=O)(=O)c2ccc(C)cc2)[C@H](N=[N+]=[N-])[C@H](OC)[C@H]1OC. The number of benzene rings is 1. The highest BCUT2D eigenvalue weighted by molar-refractivity contribution is 7.86. The first kappa shape index (κ1) is 21.6. The fraction of sp³-hybridized carbons (Fsp3) is 0.625. The molecule has 0 N–H and O–H groups in total. The summed E-state index contributed by atoms with van der Waals surface area (Å²) in [4.78, 5) is 2.82. The van der Waals surface area contributed by atoms with Gasteiger partial charge in [-0.1, -0.05) is 22.8 Å². The Balaban J connectivity index is 2.21. The molecule has 0 bridgehead atoms. The molecule has 1 saturated heterocycles. The maximum Gasteiger partial charge on any atom is 0.297 e. The molecule has 2 rings (SSSR count). The highest BCUT2D eigenvalue weighted by Gasteiger charge is 2.47. The van der Waals surface area contributed by atoms with Crippen LogP contribution in [-0.2, 0) is 33.2 Å². The summed E-state index contributed by atoms with van der Waals surface area (Å²) in [6.07, 6.45) is -3.14. The summed E-state index contributed by atoms with van der Waals surface area (Å²) >= 11 is 0. The molecule has 27 heavy (non-hydrogen) atoms. The second-order valence-corrected chi connectivity index (χ2v) is 7.54. The Morgan fingerprint density at radius 3 is 2.26 bits per heavy atom. The van der Waals surface area contributed by atoms with Crippen LogP contribution in [0.15, 0.2) is 34.3 Å². The van der Waals surface area contributed by atoms with Crippen LogP contribution in [0, 0.1) is 6.92 Å². The summed E-state index contributed by atoms with van der Waals surface area (Å²) in [7, 11) is 0.274. The molecule has 0 amide bonds. The van der Waals surface area contributed by atoms with Gasteiger partial charge in [0.05, 0.1) is 29.8 Å². The van der Waals surface area contributed by atoms with Crippen LogP contribution in [0.2, 0.25) is 0 Å². The van der Waals surface area contributed by atoms with Gasteiger partial charge >= 0.3 is 0 Å². The number of rotatable bonds is 8. The normalized spacial score (nSPS) is 28.5. The summed E-state index contributed by atoms with van der Waals surface area (Å²) < 4.78 is 51.6. The Bertz CT molecular complexity index is 765. The van der Waals surface area contributed by atoms with Gasteiger partial charge < -0.3 is 18.9 Å². The highest BCUT2D eigenvalue weighted by Crippen LogP contribution is 2.29. The highest BCUT2D eigenvalue weighted by atomic mass is 32.2. The third kappa shape index (κ3) is 4.96. The lowest BCUT2D eigenvalue weighted by Gasteiger charge is -2.43. The predicted molar refractivity (Wildman–Crippen MR) is 94.5 cm³/mol. The molecule has 1 aromatic carbocycles. The van der Waals surface area contributed by atoms with Crippen molar-refractivity contribution in [3.63, 3.8) is 0 Å². The van der Waals surface area contributed by atoms with Crippen LogP contribution in [0.4, 0.5) is 0 Å². The van der Waals surface area contributed by atoms with E-state index in [4.69, 9.17) is 28.7 Å². The smallest absolute Gasteiger partial charge is 0.297 e. The molecule has 5 atom stereocenters. The molecule has 0 saturated carbocycles. The van der Waals surface area contributed by atoms with Crippen molar-refractivity contribution in [3.05, 3.63) is 40.3 Å². The van der Waals surface area contributed by atoms with Crippen molar-refractivity contribution in [2.45, 2.75) is 42.5 Å². The first-order valence-electron chi connectivity index (χ1n) is 8.12. The van der Waals surface area contributed by atoms with E-state index in [0.29, 0.717) is 0 Å². The van der Waals surface area contributed by atoms with Gasteiger partial charge in [0.15, 0.2) is 6.29 Å². The number of hydrogen-bond donors (Lipinski definition) is 0. The molecule has 0 spiro atoms. The lowest BCUT2D eigenvalue weighted by molar-refractivity contribution is -0.276. The van der Waals surface area contributed by atoms with Crippen molar-refractivity contribution in [3.8, 4) is 0 Å². The quantitative estimate of drug-likeness (QED) is 0.281. The van der Waals surface area contributed by atoms with Crippen molar-refractivity contribution >= 4 is 10.1 Å². The largest absolute Gasteiger partial charge is 0.378 e. The number of aryl methyl sites for hydroxylation is 1. The summed E-state index contributed by atoms with van der Waals surface area (Å²) in [6.45, 7) is 1.47. The first-order valence-corrected chi connectivity index (χ1v) is 9.53. The molecule has 1 aromatic rings. The zero-order chi connectivity index (χ0) is 20.0. The van der Waals surface area contributed by atoms with E-state index < -0.39 is 40.8 Å². The minimum absolute atomic E-state index is 0.0191. The zero-order valence-electron chi connectivity index (χ0n) is 15.5. The van der Waals surface area contributed by atoms with Crippen molar-refractivity contribution in [2.24, 2.45) is 5.11 Å².